The minimum atomic E-state index is -0.509. The molecule has 1 aromatic carbocycles. The summed E-state index contributed by atoms with van der Waals surface area (Å²) in [6, 6.07) is 6.63. The van der Waals surface area contributed by atoms with Crippen molar-refractivity contribution in [1.29, 1.82) is 0 Å². The molecular formula is C15H13ClN2O2S. The van der Waals surface area contributed by atoms with Gasteiger partial charge in [-0.15, -0.1) is 0 Å². The Morgan fingerprint density at radius 3 is 2.57 bits per heavy atom. The van der Waals surface area contributed by atoms with Gasteiger partial charge in [0.25, 0.3) is 11.8 Å². The van der Waals surface area contributed by atoms with Crippen molar-refractivity contribution in [3.05, 3.63) is 53.1 Å². The van der Waals surface area contributed by atoms with Crippen LogP contribution in [0.25, 0.3) is 0 Å². The van der Waals surface area contributed by atoms with Crippen LogP contribution in [-0.4, -0.2) is 16.9 Å². The average molecular weight is 321 g/mol. The monoisotopic (exact) mass is 320 g/mol. The third kappa shape index (κ3) is 3.20. The van der Waals surface area contributed by atoms with Crippen LogP contribution in [0, 0.1) is 0 Å². The van der Waals surface area contributed by atoms with Crippen LogP contribution in [0.15, 0.2) is 48.1 Å². The summed E-state index contributed by atoms with van der Waals surface area (Å²) in [7, 11) is 0. The second-order valence-electron chi connectivity index (χ2n) is 4.45. The molecule has 1 aromatic rings. The zero-order valence-corrected chi connectivity index (χ0v) is 12.9. The maximum absolute atomic E-state index is 12.5. The summed E-state index contributed by atoms with van der Waals surface area (Å²) in [5, 5.41) is 3.10. The number of hydrogen-bond donors (Lipinski definition) is 1. The van der Waals surface area contributed by atoms with Gasteiger partial charge in [-0.2, -0.15) is 0 Å². The number of amides is 2. The van der Waals surface area contributed by atoms with Gasteiger partial charge in [-0.3, -0.25) is 19.8 Å². The molecule has 4 nitrogen and oxygen atoms in total. The van der Waals surface area contributed by atoms with Crippen molar-refractivity contribution in [3.63, 3.8) is 0 Å². The fourth-order valence-corrected chi connectivity index (χ4v) is 2.20. The quantitative estimate of drug-likeness (QED) is 0.529. The summed E-state index contributed by atoms with van der Waals surface area (Å²) >= 11 is 10.9. The molecule has 6 heteroatoms. The van der Waals surface area contributed by atoms with Gasteiger partial charge >= 0.3 is 0 Å². The van der Waals surface area contributed by atoms with Gasteiger partial charge in [-0.1, -0.05) is 30.7 Å². The van der Waals surface area contributed by atoms with Gasteiger partial charge < -0.3 is 0 Å². The molecule has 0 bridgehead atoms. The second-order valence-corrected chi connectivity index (χ2v) is 5.27. The molecule has 1 heterocycles. The molecule has 1 aliphatic heterocycles. The second kappa shape index (κ2) is 6.20. The predicted molar refractivity (Wildman–Crippen MR) is 87.2 cm³/mol. The summed E-state index contributed by atoms with van der Waals surface area (Å²) in [4.78, 5) is 25.7. The highest BCUT2D eigenvalue weighted by atomic mass is 35.5. The highest BCUT2D eigenvalue weighted by Crippen LogP contribution is 2.23. The van der Waals surface area contributed by atoms with Crippen molar-refractivity contribution >= 4 is 46.4 Å². The highest BCUT2D eigenvalue weighted by Gasteiger charge is 2.34. The topological polar surface area (TPSA) is 49.4 Å². The fourth-order valence-electron chi connectivity index (χ4n) is 1.79. The van der Waals surface area contributed by atoms with Crippen molar-refractivity contribution in [2.45, 2.75) is 13.3 Å². The van der Waals surface area contributed by atoms with Crippen molar-refractivity contribution in [1.82, 2.24) is 5.32 Å². The van der Waals surface area contributed by atoms with E-state index in [-0.39, 0.29) is 10.7 Å². The van der Waals surface area contributed by atoms with Crippen LogP contribution in [0.1, 0.15) is 13.3 Å². The number of nitrogens with one attached hydrogen (secondary N) is 1. The van der Waals surface area contributed by atoms with E-state index >= 15 is 0 Å². The van der Waals surface area contributed by atoms with E-state index in [0.29, 0.717) is 22.7 Å². The fraction of sp³-hybridized carbons (Fsp3) is 0.133. The van der Waals surface area contributed by atoms with E-state index in [9.17, 15) is 9.59 Å². The van der Waals surface area contributed by atoms with Crippen LogP contribution in [-0.2, 0) is 9.59 Å². The van der Waals surface area contributed by atoms with Gasteiger partial charge in [0.1, 0.15) is 5.57 Å². The van der Waals surface area contributed by atoms with Crippen molar-refractivity contribution < 1.29 is 9.59 Å². The van der Waals surface area contributed by atoms with Crippen molar-refractivity contribution in [2.75, 3.05) is 4.90 Å². The van der Waals surface area contributed by atoms with E-state index in [4.69, 9.17) is 23.8 Å². The first kappa shape index (κ1) is 15.4. The zero-order chi connectivity index (χ0) is 15.6. The lowest BCUT2D eigenvalue weighted by Crippen LogP contribution is -2.54. The van der Waals surface area contributed by atoms with Gasteiger partial charge in [-0.05, 0) is 49.0 Å². The molecule has 0 saturated carbocycles. The molecule has 0 spiro atoms. The molecule has 1 N–H and O–H groups in total. The van der Waals surface area contributed by atoms with Crippen molar-refractivity contribution in [2.24, 2.45) is 0 Å². The first-order valence-corrected chi connectivity index (χ1v) is 7.07. The SMILES string of the molecule is C=C(/C=C1/C(=O)NC(=S)N(c2ccc(Cl)cc2)C1=O)CC. The van der Waals surface area contributed by atoms with Crippen LogP contribution in [0.3, 0.4) is 0 Å². The van der Waals surface area contributed by atoms with Crippen LogP contribution in [0.4, 0.5) is 5.69 Å². The third-order valence-electron chi connectivity index (χ3n) is 2.99. The Bertz CT molecular complexity index is 665. The molecule has 2 rings (SSSR count). The van der Waals surface area contributed by atoms with E-state index in [1.165, 1.54) is 11.0 Å². The number of rotatable bonds is 3. The average Bonchev–Trinajstić information content (AvgIpc) is 2.45. The largest absolute Gasteiger partial charge is 0.298 e. The number of carbonyl (C=O) groups excluding carboxylic acids is 2. The predicted octanol–water partition coefficient (Wildman–Crippen LogP) is 2.98. The minimum absolute atomic E-state index is 0.0189. The number of anilines is 1. The molecule has 0 atom stereocenters. The van der Waals surface area contributed by atoms with Gasteiger partial charge in [0.2, 0.25) is 0 Å². The maximum Gasteiger partial charge on any atom is 0.270 e. The highest BCUT2D eigenvalue weighted by molar-refractivity contribution is 7.80. The lowest BCUT2D eigenvalue weighted by molar-refractivity contribution is -0.122. The van der Waals surface area contributed by atoms with E-state index in [2.05, 4.69) is 11.9 Å². The smallest absolute Gasteiger partial charge is 0.270 e. The standard InChI is InChI=1S/C15H13ClN2O2S/c1-3-9(2)8-12-13(19)17-15(21)18(14(12)20)11-6-4-10(16)5-7-11/h4-8H,2-3H2,1H3,(H,17,19,21)/b12-8-. The lowest BCUT2D eigenvalue weighted by atomic mass is 10.1. The number of carbonyl (C=O) groups is 2. The molecular weight excluding hydrogens is 308 g/mol. The van der Waals surface area contributed by atoms with Crippen LogP contribution < -0.4 is 10.2 Å². The normalized spacial score (nSPS) is 17.1. The molecule has 21 heavy (non-hydrogen) atoms. The van der Waals surface area contributed by atoms with E-state index in [1.807, 2.05) is 6.92 Å². The molecule has 0 aliphatic carbocycles. The van der Waals surface area contributed by atoms with Crippen LogP contribution >= 0.6 is 23.8 Å². The number of hydrogen-bond acceptors (Lipinski definition) is 3. The number of thiocarbonyl (C=S) groups is 1. The number of halogens is 1. The minimum Gasteiger partial charge on any atom is -0.298 e. The Labute approximate surface area is 133 Å². The first-order valence-electron chi connectivity index (χ1n) is 6.29. The zero-order valence-electron chi connectivity index (χ0n) is 11.4. The van der Waals surface area contributed by atoms with Crippen molar-refractivity contribution in [3.8, 4) is 0 Å². The summed E-state index contributed by atoms with van der Waals surface area (Å²) in [5.74, 6) is -0.981. The molecule has 0 unspecified atom stereocenters. The molecule has 1 fully saturated rings. The Morgan fingerprint density at radius 1 is 1.38 bits per heavy atom. The molecule has 2 amide bonds. The van der Waals surface area contributed by atoms with Gasteiger partial charge in [0, 0.05) is 5.02 Å². The maximum atomic E-state index is 12.5. The summed E-state index contributed by atoms with van der Waals surface area (Å²) in [5.41, 5.74) is 1.25. The number of benzene rings is 1. The summed E-state index contributed by atoms with van der Waals surface area (Å²) in [6.45, 7) is 5.68. The van der Waals surface area contributed by atoms with E-state index in [0.717, 1.165) is 0 Å². The molecule has 0 aromatic heterocycles. The molecule has 0 radical (unpaired) electrons. The Kier molecular flexibility index (Phi) is 4.55. The number of nitrogens with zero attached hydrogens (tertiary/aromatic N) is 1. The molecule has 108 valence electrons. The summed E-state index contributed by atoms with van der Waals surface area (Å²) < 4.78 is 0. The Hall–Kier alpha value is -1.98. The molecule has 1 saturated heterocycles. The van der Waals surface area contributed by atoms with Crippen LogP contribution in [0.5, 0.6) is 0 Å². The third-order valence-corrected chi connectivity index (χ3v) is 3.53. The van der Waals surface area contributed by atoms with E-state index in [1.54, 1.807) is 24.3 Å². The van der Waals surface area contributed by atoms with Gasteiger partial charge in [-0.25, -0.2) is 0 Å². The Morgan fingerprint density at radius 2 is 2.00 bits per heavy atom. The Balaban J connectivity index is 2.42. The van der Waals surface area contributed by atoms with E-state index < -0.39 is 11.8 Å². The number of allylic oxidation sites excluding steroid dienone is 2. The summed E-state index contributed by atoms with van der Waals surface area (Å²) in [6.07, 6.45) is 2.14. The van der Waals surface area contributed by atoms with Crippen LogP contribution in [0.2, 0.25) is 5.02 Å². The van der Waals surface area contributed by atoms with Gasteiger partial charge in [0.05, 0.1) is 5.69 Å². The first-order chi connectivity index (χ1) is 9.93. The lowest BCUT2D eigenvalue weighted by Gasteiger charge is -2.29. The molecule has 1 aliphatic rings. The van der Waals surface area contributed by atoms with Gasteiger partial charge in [0.15, 0.2) is 5.11 Å².